The van der Waals surface area contributed by atoms with Gasteiger partial charge in [0, 0.05) is 18.0 Å². The van der Waals surface area contributed by atoms with Gasteiger partial charge in [0.2, 0.25) is 0 Å². The van der Waals surface area contributed by atoms with Crippen molar-refractivity contribution in [3.05, 3.63) is 16.3 Å². The van der Waals surface area contributed by atoms with Crippen molar-refractivity contribution in [2.24, 2.45) is 5.92 Å². The monoisotopic (exact) mass is 291 g/mol. The van der Waals surface area contributed by atoms with Crippen molar-refractivity contribution in [2.45, 2.75) is 39.5 Å². The number of aliphatic hydroxyl groups is 1. The molecular weight excluding hydrogens is 270 g/mol. The molecule has 5 heteroatoms. The predicted octanol–water partition coefficient (Wildman–Crippen LogP) is 2.92. The molecule has 0 aliphatic heterocycles. The lowest BCUT2D eigenvalue weighted by Gasteiger charge is -2.18. The Hall–Kier alpha value is -1.20. The number of anilines is 1. The van der Waals surface area contributed by atoms with Crippen LogP contribution in [0.5, 0.6) is 0 Å². The normalized spacial score (nSPS) is 18.2. The van der Waals surface area contributed by atoms with Crippen molar-refractivity contribution in [2.75, 3.05) is 18.5 Å². The van der Waals surface area contributed by atoms with Gasteiger partial charge in [0.25, 0.3) is 0 Å². The van der Waals surface area contributed by atoms with Gasteiger partial charge >= 0.3 is 0 Å². The number of fused-ring (bicyclic) bond motifs is 3. The molecular formula is C15H21N3OS. The summed E-state index contributed by atoms with van der Waals surface area (Å²) in [5.41, 5.74) is 1.45. The number of rotatable bonds is 4. The van der Waals surface area contributed by atoms with E-state index in [0.29, 0.717) is 0 Å². The van der Waals surface area contributed by atoms with Crippen LogP contribution in [0.1, 0.15) is 36.0 Å². The lowest BCUT2D eigenvalue weighted by atomic mass is 9.89. The Balaban J connectivity index is 2.04. The van der Waals surface area contributed by atoms with E-state index in [9.17, 15) is 0 Å². The van der Waals surface area contributed by atoms with E-state index in [4.69, 9.17) is 5.11 Å². The number of aryl methyl sites for hydroxylation is 2. The first-order valence-electron chi connectivity index (χ1n) is 7.32. The summed E-state index contributed by atoms with van der Waals surface area (Å²) in [4.78, 5) is 11.8. The standard InChI is InChI=1S/C15H21N3OS/c1-9-4-5-11-12(8-9)20-15-13(11)14(16-6-3-7-19)17-10(2)18-15/h9,19H,3-8H2,1-2H3,(H,16,17,18). The molecule has 2 aromatic rings. The van der Waals surface area contributed by atoms with Crippen molar-refractivity contribution >= 4 is 27.4 Å². The molecule has 3 rings (SSSR count). The van der Waals surface area contributed by atoms with Crippen LogP contribution >= 0.6 is 11.3 Å². The van der Waals surface area contributed by atoms with Crippen LogP contribution in [0.4, 0.5) is 5.82 Å². The van der Waals surface area contributed by atoms with Gasteiger partial charge in [-0.1, -0.05) is 6.92 Å². The van der Waals surface area contributed by atoms with E-state index in [1.807, 2.05) is 18.3 Å². The Labute approximate surface area is 123 Å². The second-order valence-corrected chi connectivity index (χ2v) is 6.74. The first-order valence-corrected chi connectivity index (χ1v) is 8.14. The maximum absolute atomic E-state index is 8.92. The zero-order valence-electron chi connectivity index (χ0n) is 12.1. The van der Waals surface area contributed by atoms with Gasteiger partial charge in [0.05, 0.1) is 5.39 Å². The molecule has 0 fully saturated rings. The molecule has 20 heavy (non-hydrogen) atoms. The lowest BCUT2D eigenvalue weighted by Crippen LogP contribution is -2.10. The minimum Gasteiger partial charge on any atom is -0.396 e. The summed E-state index contributed by atoms with van der Waals surface area (Å²) in [7, 11) is 0. The Morgan fingerprint density at radius 3 is 3.05 bits per heavy atom. The topological polar surface area (TPSA) is 58.0 Å². The van der Waals surface area contributed by atoms with Gasteiger partial charge in [-0.25, -0.2) is 9.97 Å². The maximum Gasteiger partial charge on any atom is 0.138 e. The molecule has 1 atom stereocenters. The van der Waals surface area contributed by atoms with Crippen molar-refractivity contribution in [1.29, 1.82) is 0 Å². The first kappa shape index (κ1) is 13.8. The van der Waals surface area contributed by atoms with E-state index in [2.05, 4.69) is 22.2 Å². The third kappa shape index (κ3) is 2.52. The highest BCUT2D eigenvalue weighted by Crippen LogP contribution is 2.39. The highest BCUT2D eigenvalue weighted by Gasteiger charge is 2.23. The van der Waals surface area contributed by atoms with Crippen LogP contribution in [0.2, 0.25) is 0 Å². The van der Waals surface area contributed by atoms with Crippen LogP contribution in [-0.4, -0.2) is 28.2 Å². The Morgan fingerprint density at radius 2 is 2.25 bits per heavy atom. The average molecular weight is 291 g/mol. The Kier molecular flexibility index (Phi) is 3.89. The average Bonchev–Trinajstić information content (AvgIpc) is 2.75. The molecule has 108 valence electrons. The van der Waals surface area contributed by atoms with Crippen LogP contribution in [-0.2, 0) is 12.8 Å². The lowest BCUT2D eigenvalue weighted by molar-refractivity contribution is 0.292. The molecule has 4 nitrogen and oxygen atoms in total. The number of aromatic nitrogens is 2. The molecule has 2 N–H and O–H groups in total. The van der Waals surface area contributed by atoms with Crippen molar-refractivity contribution < 1.29 is 5.11 Å². The van der Waals surface area contributed by atoms with Crippen molar-refractivity contribution in [1.82, 2.24) is 9.97 Å². The molecule has 1 aliphatic rings. The maximum atomic E-state index is 8.92. The molecule has 0 aromatic carbocycles. The van der Waals surface area contributed by atoms with Gasteiger partial charge in [0.1, 0.15) is 16.5 Å². The minimum absolute atomic E-state index is 0.208. The highest BCUT2D eigenvalue weighted by atomic mass is 32.1. The van der Waals surface area contributed by atoms with Gasteiger partial charge in [-0.15, -0.1) is 11.3 Å². The summed E-state index contributed by atoms with van der Waals surface area (Å²) in [6, 6.07) is 0. The summed E-state index contributed by atoms with van der Waals surface area (Å²) in [5.74, 6) is 2.54. The van der Waals surface area contributed by atoms with Crippen LogP contribution < -0.4 is 5.32 Å². The SMILES string of the molecule is Cc1nc(NCCCO)c2c3c(sc2n1)CC(C)CC3. The second kappa shape index (κ2) is 5.66. The third-order valence-electron chi connectivity index (χ3n) is 3.89. The zero-order chi connectivity index (χ0) is 14.1. The summed E-state index contributed by atoms with van der Waals surface area (Å²) in [6.07, 6.45) is 4.31. The molecule has 1 unspecified atom stereocenters. The smallest absolute Gasteiger partial charge is 0.138 e. The van der Waals surface area contributed by atoms with Crippen LogP contribution in [0.25, 0.3) is 10.2 Å². The minimum atomic E-state index is 0.208. The number of nitrogens with one attached hydrogen (secondary N) is 1. The van der Waals surface area contributed by atoms with Crippen LogP contribution in [0, 0.1) is 12.8 Å². The van der Waals surface area contributed by atoms with Crippen molar-refractivity contribution in [3.8, 4) is 0 Å². The summed E-state index contributed by atoms with van der Waals surface area (Å²) < 4.78 is 0. The number of thiophene rings is 1. The van der Waals surface area contributed by atoms with E-state index in [1.54, 1.807) is 0 Å². The summed E-state index contributed by atoms with van der Waals surface area (Å²) in [5, 5.41) is 13.5. The predicted molar refractivity (Wildman–Crippen MR) is 83.5 cm³/mol. The molecule has 0 spiro atoms. The zero-order valence-corrected chi connectivity index (χ0v) is 12.9. The molecule has 1 aliphatic carbocycles. The van der Waals surface area contributed by atoms with E-state index < -0.39 is 0 Å². The Morgan fingerprint density at radius 1 is 1.40 bits per heavy atom. The number of nitrogens with zero attached hydrogens (tertiary/aromatic N) is 2. The summed E-state index contributed by atoms with van der Waals surface area (Å²) in [6.45, 7) is 5.23. The van der Waals surface area contributed by atoms with Crippen LogP contribution in [0.3, 0.4) is 0 Å². The van der Waals surface area contributed by atoms with Gasteiger partial charge in [-0.3, -0.25) is 0 Å². The van der Waals surface area contributed by atoms with E-state index in [0.717, 1.165) is 41.8 Å². The molecule has 0 radical (unpaired) electrons. The number of hydrogen-bond donors (Lipinski definition) is 2. The third-order valence-corrected chi connectivity index (χ3v) is 5.04. The van der Waals surface area contributed by atoms with E-state index in [-0.39, 0.29) is 6.61 Å². The van der Waals surface area contributed by atoms with Gasteiger partial charge < -0.3 is 10.4 Å². The molecule has 0 amide bonds. The van der Waals surface area contributed by atoms with Gasteiger partial charge in [-0.2, -0.15) is 0 Å². The fourth-order valence-corrected chi connectivity index (χ4v) is 4.29. The quantitative estimate of drug-likeness (QED) is 0.850. The largest absolute Gasteiger partial charge is 0.396 e. The fourth-order valence-electron chi connectivity index (χ4n) is 2.86. The highest BCUT2D eigenvalue weighted by molar-refractivity contribution is 7.19. The van der Waals surface area contributed by atoms with Crippen LogP contribution in [0.15, 0.2) is 0 Å². The van der Waals surface area contributed by atoms with Crippen molar-refractivity contribution in [3.63, 3.8) is 0 Å². The molecule has 2 heterocycles. The molecule has 0 saturated carbocycles. The summed E-state index contributed by atoms with van der Waals surface area (Å²) >= 11 is 1.83. The molecule has 0 saturated heterocycles. The number of hydrogen-bond acceptors (Lipinski definition) is 5. The second-order valence-electron chi connectivity index (χ2n) is 5.66. The van der Waals surface area contributed by atoms with E-state index in [1.165, 1.54) is 28.7 Å². The van der Waals surface area contributed by atoms with Gasteiger partial charge in [-0.05, 0) is 44.1 Å². The first-order chi connectivity index (χ1) is 9.69. The number of aliphatic hydroxyl groups excluding tert-OH is 1. The van der Waals surface area contributed by atoms with Gasteiger partial charge in [0.15, 0.2) is 0 Å². The van der Waals surface area contributed by atoms with E-state index >= 15 is 0 Å². The fraction of sp³-hybridized carbons (Fsp3) is 0.600. The molecule has 0 bridgehead atoms. The molecule has 2 aromatic heterocycles. The Bertz CT molecular complexity index is 623.